The molecule has 2 bridgehead atoms. The van der Waals surface area contributed by atoms with Crippen LogP contribution in [-0.2, 0) is 20.7 Å². The lowest BCUT2D eigenvalue weighted by Crippen LogP contribution is -2.39. The summed E-state index contributed by atoms with van der Waals surface area (Å²) < 4.78 is 10.8. The van der Waals surface area contributed by atoms with E-state index < -0.39 is 0 Å². The molecule has 4 heteroatoms. The van der Waals surface area contributed by atoms with Gasteiger partial charge >= 0.3 is 5.97 Å². The van der Waals surface area contributed by atoms with Crippen LogP contribution >= 0.6 is 0 Å². The molecule has 2 aromatic rings. The standard InChI is InChI=1S/C28H34O4/c1-31-27(30)12-8-3-2-7-11-25-24(19-29)26-18-28(25,20-32-26)17-21-13-15-23(16-14-21)22-9-5-4-6-10-22/h2,4-7,9-10,13-16,24-26,29H,3,8,11-12,17-20H2,1H3/b7-2-/t24-,25-,26-,28-/m1/s1. The van der Waals surface area contributed by atoms with Gasteiger partial charge in [-0.05, 0) is 54.7 Å². The van der Waals surface area contributed by atoms with Gasteiger partial charge < -0.3 is 14.6 Å². The van der Waals surface area contributed by atoms with Gasteiger partial charge in [0.25, 0.3) is 0 Å². The van der Waals surface area contributed by atoms with Crippen LogP contribution in [0, 0.1) is 17.3 Å². The van der Waals surface area contributed by atoms with Crippen LogP contribution in [0.4, 0.5) is 0 Å². The predicted octanol–water partition coefficient (Wildman–Crippen LogP) is 5.20. The van der Waals surface area contributed by atoms with E-state index in [1.807, 2.05) is 6.07 Å². The molecule has 2 aliphatic rings. The van der Waals surface area contributed by atoms with Gasteiger partial charge in [-0.25, -0.2) is 0 Å². The number of unbranched alkanes of at least 4 members (excludes halogenated alkanes) is 1. The van der Waals surface area contributed by atoms with Crippen LogP contribution in [0.2, 0.25) is 0 Å². The van der Waals surface area contributed by atoms with Gasteiger partial charge in [0.1, 0.15) is 0 Å². The third-order valence-electron chi connectivity index (χ3n) is 7.34. The molecule has 1 aliphatic carbocycles. The van der Waals surface area contributed by atoms with Gasteiger partial charge in [-0.2, -0.15) is 0 Å². The maximum absolute atomic E-state index is 11.3. The second-order valence-electron chi connectivity index (χ2n) is 9.28. The summed E-state index contributed by atoms with van der Waals surface area (Å²) in [7, 11) is 1.43. The number of ether oxygens (including phenoxy) is 2. The van der Waals surface area contributed by atoms with Gasteiger partial charge in [-0.15, -0.1) is 0 Å². The lowest BCUT2D eigenvalue weighted by Gasteiger charge is -2.38. The minimum atomic E-state index is -0.152. The van der Waals surface area contributed by atoms with Gasteiger partial charge in [0, 0.05) is 24.4 Å². The normalized spacial score (nSPS) is 26.6. The molecule has 170 valence electrons. The zero-order chi connectivity index (χ0) is 22.4. The number of rotatable bonds is 10. The average Bonchev–Trinajstić information content (AvgIpc) is 3.38. The number of hydrogen-bond acceptors (Lipinski definition) is 4. The minimum absolute atomic E-state index is 0.0860. The van der Waals surface area contributed by atoms with E-state index in [1.165, 1.54) is 23.8 Å². The van der Waals surface area contributed by atoms with Gasteiger partial charge in [-0.1, -0.05) is 66.7 Å². The number of methoxy groups -OCH3 is 1. The fraction of sp³-hybridized carbons (Fsp3) is 0.464. The number of fused-ring (bicyclic) bond motifs is 2. The highest BCUT2D eigenvalue weighted by Gasteiger charge is 2.57. The summed E-state index contributed by atoms with van der Waals surface area (Å²) in [5, 5.41) is 10.1. The molecule has 0 radical (unpaired) electrons. The first-order valence-electron chi connectivity index (χ1n) is 11.7. The maximum atomic E-state index is 11.3. The van der Waals surface area contributed by atoms with E-state index in [-0.39, 0.29) is 30.0 Å². The van der Waals surface area contributed by atoms with Crippen molar-refractivity contribution in [2.75, 3.05) is 20.3 Å². The van der Waals surface area contributed by atoms with E-state index in [2.05, 4.69) is 60.7 Å². The Morgan fingerprint density at radius 3 is 2.59 bits per heavy atom. The van der Waals surface area contributed by atoms with E-state index in [9.17, 15) is 9.90 Å². The summed E-state index contributed by atoms with van der Waals surface area (Å²) in [6, 6.07) is 19.4. The van der Waals surface area contributed by atoms with Crippen LogP contribution < -0.4 is 0 Å². The van der Waals surface area contributed by atoms with E-state index in [0.29, 0.717) is 12.3 Å². The number of hydrogen-bond donors (Lipinski definition) is 1. The molecule has 1 saturated heterocycles. The molecule has 2 fully saturated rings. The first-order chi connectivity index (χ1) is 15.6. The summed E-state index contributed by atoms with van der Waals surface area (Å²) in [6.45, 7) is 0.954. The smallest absolute Gasteiger partial charge is 0.305 e. The Balaban J connectivity index is 1.41. The molecular formula is C28H34O4. The average molecular weight is 435 g/mol. The molecule has 1 heterocycles. The Bertz CT molecular complexity index is 905. The van der Waals surface area contributed by atoms with Gasteiger partial charge in [0.15, 0.2) is 0 Å². The molecule has 4 atom stereocenters. The van der Waals surface area contributed by atoms with Crippen molar-refractivity contribution in [3.8, 4) is 11.1 Å². The van der Waals surface area contributed by atoms with E-state index >= 15 is 0 Å². The molecule has 0 spiro atoms. The minimum Gasteiger partial charge on any atom is -0.469 e. The number of carbonyl (C=O) groups excluding carboxylic acids is 1. The lowest BCUT2D eigenvalue weighted by molar-refractivity contribution is -0.140. The van der Waals surface area contributed by atoms with Crippen LogP contribution in [0.25, 0.3) is 11.1 Å². The first kappa shape index (κ1) is 22.8. The largest absolute Gasteiger partial charge is 0.469 e. The zero-order valence-electron chi connectivity index (χ0n) is 18.9. The molecule has 1 saturated carbocycles. The number of aliphatic hydroxyl groups is 1. The summed E-state index contributed by atoms with van der Waals surface area (Å²) in [6.07, 6.45) is 9.68. The molecule has 4 nitrogen and oxygen atoms in total. The van der Waals surface area contributed by atoms with Crippen LogP contribution in [-0.4, -0.2) is 37.5 Å². The highest BCUT2D eigenvalue weighted by atomic mass is 16.5. The number of aliphatic hydroxyl groups excluding tert-OH is 1. The highest BCUT2D eigenvalue weighted by Crippen LogP contribution is 2.56. The number of benzene rings is 2. The monoisotopic (exact) mass is 434 g/mol. The molecule has 2 aromatic carbocycles. The van der Waals surface area contributed by atoms with E-state index in [0.717, 1.165) is 38.7 Å². The molecule has 1 aliphatic heterocycles. The van der Waals surface area contributed by atoms with Crippen molar-refractivity contribution in [2.45, 2.75) is 44.6 Å². The van der Waals surface area contributed by atoms with Crippen molar-refractivity contribution in [1.82, 2.24) is 0 Å². The predicted molar refractivity (Wildman–Crippen MR) is 126 cm³/mol. The molecule has 32 heavy (non-hydrogen) atoms. The number of allylic oxidation sites excluding steroid dienone is 2. The topological polar surface area (TPSA) is 55.8 Å². The van der Waals surface area contributed by atoms with Crippen LogP contribution in [0.3, 0.4) is 0 Å². The lowest BCUT2D eigenvalue weighted by atomic mass is 9.70. The summed E-state index contributed by atoms with van der Waals surface area (Å²) >= 11 is 0. The summed E-state index contributed by atoms with van der Waals surface area (Å²) in [5.41, 5.74) is 3.89. The summed E-state index contributed by atoms with van der Waals surface area (Å²) in [4.78, 5) is 11.3. The third-order valence-corrected chi connectivity index (χ3v) is 7.34. The van der Waals surface area contributed by atoms with Crippen LogP contribution in [0.15, 0.2) is 66.7 Å². The van der Waals surface area contributed by atoms with Crippen molar-refractivity contribution in [2.24, 2.45) is 17.3 Å². The fourth-order valence-electron chi connectivity index (χ4n) is 5.64. The van der Waals surface area contributed by atoms with Gasteiger partial charge in [0.2, 0.25) is 0 Å². The molecule has 0 unspecified atom stereocenters. The number of esters is 1. The molecular weight excluding hydrogens is 400 g/mol. The van der Waals surface area contributed by atoms with E-state index in [4.69, 9.17) is 9.47 Å². The SMILES string of the molecule is COC(=O)CCC/C=C\C[C@@H]1[C@@H](CO)[C@H]2C[C@]1(Cc1ccc(-c3ccccc3)cc1)CO2. The second-order valence-corrected chi connectivity index (χ2v) is 9.28. The third kappa shape index (κ3) is 4.97. The molecule has 1 N–H and O–H groups in total. The first-order valence-corrected chi connectivity index (χ1v) is 11.7. The van der Waals surface area contributed by atoms with Crippen LogP contribution in [0.1, 0.15) is 37.7 Å². The maximum Gasteiger partial charge on any atom is 0.305 e. The van der Waals surface area contributed by atoms with Crippen molar-refractivity contribution in [1.29, 1.82) is 0 Å². The molecule has 0 aromatic heterocycles. The second kappa shape index (κ2) is 10.5. The van der Waals surface area contributed by atoms with Crippen molar-refractivity contribution >= 4 is 5.97 Å². The van der Waals surface area contributed by atoms with Crippen LogP contribution in [0.5, 0.6) is 0 Å². The Hall–Kier alpha value is -2.43. The Labute approximate surface area is 191 Å². The van der Waals surface area contributed by atoms with Crippen molar-refractivity contribution in [3.05, 3.63) is 72.3 Å². The van der Waals surface area contributed by atoms with Gasteiger partial charge in [-0.3, -0.25) is 4.79 Å². The quantitative estimate of drug-likeness (QED) is 0.317. The van der Waals surface area contributed by atoms with Crippen molar-refractivity contribution in [3.63, 3.8) is 0 Å². The molecule has 0 amide bonds. The Morgan fingerprint density at radius 2 is 1.88 bits per heavy atom. The van der Waals surface area contributed by atoms with E-state index in [1.54, 1.807) is 0 Å². The fourth-order valence-corrected chi connectivity index (χ4v) is 5.64. The molecule has 4 rings (SSSR count). The van der Waals surface area contributed by atoms with Gasteiger partial charge in [0.05, 0.1) is 19.8 Å². The Kier molecular flexibility index (Phi) is 7.44. The van der Waals surface area contributed by atoms with Crippen molar-refractivity contribution < 1.29 is 19.4 Å². The Morgan fingerprint density at radius 1 is 1.12 bits per heavy atom. The highest BCUT2D eigenvalue weighted by molar-refractivity contribution is 5.69. The summed E-state index contributed by atoms with van der Waals surface area (Å²) in [5.74, 6) is 0.463. The number of carbonyl (C=O) groups is 1. The zero-order valence-corrected chi connectivity index (χ0v) is 18.9.